The van der Waals surface area contributed by atoms with Crippen molar-refractivity contribution in [2.45, 2.75) is 45.8 Å². The van der Waals surface area contributed by atoms with Crippen LogP contribution in [-0.2, 0) is 4.79 Å². The van der Waals surface area contributed by atoms with E-state index >= 15 is 0 Å². The Bertz CT molecular complexity index is 938. The third-order valence-corrected chi connectivity index (χ3v) is 4.92. The number of amides is 1. The number of nitrogens with one attached hydrogen (secondary N) is 1. The Kier molecular flexibility index (Phi) is 7.50. The zero-order valence-electron chi connectivity index (χ0n) is 17.8. The topological polar surface area (TPSA) is 47.6 Å². The first kappa shape index (κ1) is 21.4. The molecule has 0 saturated heterocycles. The highest BCUT2D eigenvalue weighted by Gasteiger charge is 2.19. The Balaban J connectivity index is 1.63. The van der Waals surface area contributed by atoms with Crippen molar-refractivity contribution in [3.05, 3.63) is 78.9 Å². The molecule has 0 spiro atoms. The second-order valence-corrected chi connectivity index (χ2v) is 7.26. The summed E-state index contributed by atoms with van der Waals surface area (Å²) in [5.41, 5.74) is 2.95. The third-order valence-electron chi connectivity index (χ3n) is 4.92. The van der Waals surface area contributed by atoms with E-state index in [9.17, 15) is 4.79 Å². The molecule has 4 nitrogen and oxygen atoms in total. The van der Waals surface area contributed by atoms with E-state index in [4.69, 9.17) is 9.47 Å². The highest BCUT2D eigenvalue weighted by molar-refractivity contribution is 5.94. The average molecular weight is 404 g/mol. The number of hydrogen-bond donors (Lipinski definition) is 1. The molecular formula is C26H29NO3. The molecule has 3 aromatic carbocycles. The van der Waals surface area contributed by atoms with E-state index in [1.165, 1.54) is 0 Å². The maximum atomic E-state index is 12.7. The summed E-state index contributed by atoms with van der Waals surface area (Å²) in [4.78, 5) is 12.7. The molecule has 0 heterocycles. The van der Waals surface area contributed by atoms with Crippen molar-refractivity contribution in [2.24, 2.45) is 0 Å². The van der Waals surface area contributed by atoms with Crippen molar-refractivity contribution in [2.75, 3.05) is 5.32 Å². The summed E-state index contributed by atoms with van der Waals surface area (Å²) in [5.74, 6) is 1.24. The number of hydrogen-bond acceptors (Lipinski definition) is 3. The van der Waals surface area contributed by atoms with Crippen molar-refractivity contribution in [3.8, 4) is 22.6 Å². The lowest BCUT2D eigenvalue weighted by Gasteiger charge is -2.18. The smallest absolute Gasteiger partial charge is 0.265 e. The molecule has 0 aromatic heterocycles. The first-order chi connectivity index (χ1) is 14.6. The molecule has 0 radical (unpaired) electrons. The molecule has 30 heavy (non-hydrogen) atoms. The summed E-state index contributed by atoms with van der Waals surface area (Å²) in [7, 11) is 0. The van der Waals surface area contributed by atoms with E-state index in [1.807, 2.05) is 80.6 Å². The highest BCUT2D eigenvalue weighted by atomic mass is 16.5. The molecule has 0 bridgehead atoms. The Morgan fingerprint density at radius 1 is 0.800 bits per heavy atom. The summed E-state index contributed by atoms with van der Waals surface area (Å²) in [5, 5.41) is 2.94. The van der Waals surface area contributed by atoms with Gasteiger partial charge >= 0.3 is 0 Å². The summed E-state index contributed by atoms with van der Waals surface area (Å²) in [6, 6.07) is 25.4. The zero-order valence-corrected chi connectivity index (χ0v) is 17.8. The van der Waals surface area contributed by atoms with Crippen LogP contribution in [-0.4, -0.2) is 18.1 Å². The van der Waals surface area contributed by atoms with Gasteiger partial charge in [0.2, 0.25) is 0 Å². The Morgan fingerprint density at radius 2 is 1.50 bits per heavy atom. The van der Waals surface area contributed by atoms with Crippen molar-refractivity contribution in [1.29, 1.82) is 0 Å². The van der Waals surface area contributed by atoms with Gasteiger partial charge < -0.3 is 14.8 Å². The van der Waals surface area contributed by atoms with E-state index in [1.54, 1.807) is 0 Å². The van der Waals surface area contributed by atoms with Gasteiger partial charge in [-0.1, -0.05) is 62.4 Å². The summed E-state index contributed by atoms with van der Waals surface area (Å²) < 4.78 is 11.8. The molecule has 1 N–H and O–H groups in total. The van der Waals surface area contributed by atoms with Gasteiger partial charge in [0.15, 0.2) is 6.10 Å². The second kappa shape index (κ2) is 10.5. The highest BCUT2D eigenvalue weighted by Crippen LogP contribution is 2.24. The van der Waals surface area contributed by atoms with Crippen LogP contribution in [0, 0.1) is 0 Å². The van der Waals surface area contributed by atoms with Gasteiger partial charge in [-0.25, -0.2) is 0 Å². The molecule has 0 aliphatic carbocycles. The normalized spacial score (nSPS) is 12.6. The maximum Gasteiger partial charge on any atom is 0.265 e. The first-order valence-corrected chi connectivity index (χ1v) is 10.5. The van der Waals surface area contributed by atoms with Crippen LogP contribution < -0.4 is 14.8 Å². The minimum atomic E-state index is -0.577. The van der Waals surface area contributed by atoms with Crippen LogP contribution in [0.5, 0.6) is 11.5 Å². The number of rotatable bonds is 9. The predicted molar refractivity (Wildman–Crippen MR) is 122 cm³/mol. The lowest BCUT2D eigenvalue weighted by Crippen LogP contribution is -2.32. The Morgan fingerprint density at radius 3 is 2.17 bits per heavy atom. The number of anilines is 1. The number of carbonyl (C=O) groups excluding carboxylic acids is 1. The quantitative estimate of drug-likeness (QED) is 0.454. The molecule has 2 unspecified atom stereocenters. The van der Waals surface area contributed by atoms with E-state index < -0.39 is 6.10 Å². The average Bonchev–Trinajstić information content (AvgIpc) is 2.78. The first-order valence-electron chi connectivity index (χ1n) is 10.5. The Labute approximate surface area is 178 Å². The zero-order chi connectivity index (χ0) is 21.3. The van der Waals surface area contributed by atoms with Crippen LogP contribution in [0.3, 0.4) is 0 Å². The van der Waals surface area contributed by atoms with Gasteiger partial charge in [0.05, 0.1) is 6.10 Å². The van der Waals surface area contributed by atoms with Crippen LogP contribution in [0.25, 0.3) is 11.1 Å². The van der Waals surface area contributed by atoms with Gasteiger partial charge in [0.1, 0.15) is 11.5 Å². The minimum absolute atomic E-state index is 0.126. The molecule has 3 aromatic rings. The summed E-state index contributed by atoms with van der Waals surface area (Å²) >= 11 is 0. The standard InChI is InChI=1S/C26H29NO3/c1-4-19(3)29-24-13-9-12-22(18-24)27-26(28)25(5-2)30-23-16-14-21(15-17-23)20-10-7-6-8-11-20/h6-19,25H,4-5H2,1-3H3,(H,27,28). The van der Waals surface area contributed by atoms with Crippen molar-refractivity contribution >= 4 is 11.6 Å². The number of ether oxygens (including phenoxy) is 2. The van der Waals surface area contributed by atoms with Gasteiger partial charge in [-0.15, -0.1) is 0 Å². The van der Waals surface area contributed by atoms with Gasteiger partial charge in [-0.05, 0) is 55.2 Å². The molecule has 1 amide bonds. The largest absolute Gasteiger partial charge is 0.491 e. The van der Waals surface area contributed by atoms with E-state index in [2.05, 4.69) is 24.4 Å². The fourth-order valence-electron chi connectivity index (χ4n) is 3.03. The lowest BCUT2D eigenvalue weighted by molar-refractivity contribution is -0.122. The third kappa shape index (κ3) is 5.86. The molecule has 2 atom stereocenters. The van der Waals surface area contributed by atoms with Crippen LogP contribution in [0.15, 0.2) is 78.9 Å². The van der Waals surface area contributed by atoms with E-state index in [-0.39, 0.29) is 12.0 Å². The van der Waals surface area contributed by atoms with Gasteiger partial charge in [-0.3, -0.25) is 4.79 Å². The fraction of sp³-hybridized carbons (Fsp3) is 0.269. The van der Waals surface area contributed by atoms with Crippen molar-refractivity contribution in [1.82, 2.24) is 0 Å². The molecule has 4 heteroatoms. The van der Waals surface area contributed by atoms with E-state index in [0.29, 0.717) is 17.9 Å². The van der Waals surface area contributed by atoms with Gasteiger partial charge in [0.25, 0.3) is 5.91 Å². The second-order valence-electron chi connectivity index (χ2n) is 7.26. The van der Waals surface area contributed by atoms with Gasteiger partial charge in [0, 0.05) is 11.8 Å². The van der Waals surface area contributed by atoms with Crippen LogP contribution in [0.1, 0.15) is 33.6 Å². The SMILES string of the molecule is CCC(C)Oc1cccc(NC(=O)C(CC)Oc2ccc(-c3ccccc3)cc2)c1. The minimum Gasteiger partial charge on any atom is -0.491 e. The van der Waals surface area contributed by atoms with Crippen molar-refractivity contribution in [3.63, 3.8) is 0 Å². The molecule has 0 fully saturated rings. The molecule has 0 aliphatic heterocycles. The summed E-state index contributed by atoms with van der Waals surface area (Å²) in [6.45, 7) is 6.03. The maximum absolute atomic E-state index is 12.7. The van der Waals surface area contributed by atoms with E-state index in [0.717, 1.165) is 23.3 Å². The molecular weight excluding hydrogens is 374 g/mol. The van der Waals surface area contributed by atoms with Crippen LogP contribution in [0.4, 0.5) is 5.69 Å². The molecule has 3 rings (SSSR count). The van der Waals surface area contributed by atoms with Crippen LogP contribution in [0.2, 0.25) is 0 Å². The molecule has 0 saturated carbocycles. The van der Waals surface area contributed by atoms with Crippen molar-refractivity contribution < 1.29 is 14.3 Å². The fourth-order valence-corrected chi connectivity index (χ4v) is 3.03. The predicted octanol–water partition coefficient (Wildman–Crippen LogP) is 6.33. The number of carbonyl (C=O) groups is 1. The molecule has 0 aliphatic rings. The lowest BCUT2D eigenvalue weighted by atomic mass is 10.1. The summed E-state index contributed by atoms with van der Waals surface area (Å²) in [6.07, 6.45) is 1.04. The molecule has 156 valence electrons. The van der Waals surface area contributed by atoms with Crippen LogP contribution >= 0.6 is 0 Å². The monoisotopic (exact) mass is 403 g/mol. The van der Waals surface area contributed by atoms with Gasteiger partial charge in [-0.2, -0.15) is 0 Å². The Hall–Kier alpha value is -3.27. The number of benzene rings is 3.